The fourth-order valence-electron chi connectivity index (χ4n) is 0.575. The monoisotopic (exact) mass is 247 g/mol. The van der Waals surface area contributed by atoms with Gasteiger partial charge in [0.1, 0.15) is 0 Å². The molecule has 0 atom stereocenters. The molecule has 3 nitrogen and oxygen atoms in total. The van der Waals surface area contributed by atoms with Gasteiger partial charge in [0.25, 0.3) is 5.82 Å². The Hall–Kier alpha value is -0.179. The third-order valence-corrected chi connectivity index (χ3v) is 1.50. The summed E-state index contributed by atoms with van der Waals surface area (Å²) >= 11 is 0. The molecule has 0 aromatic rings. The number of hydrogen-bond donors (Lipinski definition) is 0. The Kier molecular flexibility index (Phi) is 6.02. The largest absolute Gasteiger partial charge is 1.00 e. The molecule has 0 aliphatic heterocycles. The average Bonchev–Trinajstić information content (AvgIpc) is 2.06. The van der Waals surface area contributed by atoms with Crippen molar-refractivity contribution in [2.24, 2.45) is 0 Å². The summed E-state index contributed by atoms with van der Waals surface area (Å²) in [6.07, 6.45) is -10.8. The van der Waals surface area contributed by atoms with Crippen LogP contribution in [-0.2, 0) is 0 Å². The third-order valence-electron chi connectivity index (χ3n) is 1.50. The van der Waals surface area contributed by atoms with E-state index < -0.39 is 18.1 Å². The number of nitriles is 3. The minimum Gasteiger partial charge on any atom is -0.247 e. The fraction of sp³-hybridized carbons (Fsp3) is 0.400. The minimum atomic E-state index is -6.09. The molecule has 0 aliphatic carbocycles. The maximum Gasteiger partial charge on any atom is 1.00 e. The minimum absolute atomic E-state index is 0. The van der Waals surface area contributed by atoms with E-state index in [4.69, 9.17) is 15.8 Å². The van der Waals surface area contributed by atoms with E-state index in [0.717, 1.165) is 0 Å². The zero-order chi connectivity index (χ0) is 11.6. The van der Waals surface area contributed by atoms with Gasteiger partial charge in [-0.25, -0.2) is 24.6 Å². The standard InChI is InChI=1S/C5BF5N3.K/c7-4(8,5(9,10)11)6(1-12,2-13)3-14;/q-1;+1. The summed E-state index contributed by atoms with van der Waals surface area (Å²) in [5, 5.41) is 24.1. The van der Waals surface area contributed by atoms with E-state index >= 15 is 0 Å². The summed E-state index contributed by atoms with van der Waals surface area (Å²) < 4.78 is 60.1. The first-order valence-corrected chi connectivity index (χ1v) is 3.02. The predicted octanol–water partition coefficient (Wildman–Crippen LogP) is -1.64. The van der Waals surface area contributed by atoms with Gasteiger partial charge in [-0.3, -0.25) is 0 Å². The molecule has 0 unspecified atom stereocenters. The van der Waals surface area contributed by atoms with Gasteiger partial charge in [0.2, 0.25) is 0 Å². The van der Waals surface area contributed by atoms with Gasteiger partial charge in [-0.2, -0.15) is 13.2 Å². The van der Waals surface area contributed by atoms with Crippen LogP contribution in [0.2, 0.25) is 0 Å². The number of hydrogen-bond acceptors (Lipinski definition) is 3. The quantitative estimate of drug-likeness (QED) is 0.412. The predicted molar refractivity (Wildman–Crippen MR) is 33.6 cm³/mol. The maximum absolute atomic E-state index is 12.5. The van der Waals surface area contributed by atoms with Crippen LogP contribution in [0.1, 0.15) is 0 Å². The van der Waals surface area contributed by atoms with E-state index in [-0.39, 0.29) is 51.4 Å². The van der Waals surface area contributed by atoms with Gasteiger partial charge in [-0.05, 0) is 0 Å². The van der Waals surface area contributed by atoms with Crippen LogP contribution in [0.25, 0.3) is 0 Å². The molecule has 15 heavy (non-hydrogen) atoms. The van der Waals surface area contributed by atoms with E-state index in [1.54, 1.807) is 0 Å². The van der Waals surface area contributed by atoms with Crippen LogP contribution < -0.4 is 51.4 Å². The van der Waals surface area contributed by atoms with Gasteiger partial charge in [-0.15, -0.1) is 17.9 Å². The molecule has 0 rings (SSSR count). The van der Waals surface area contributed by atoms with Gasteiger partial charge in [0, 0.05) is 0 Å². The molecular formula is C5BF5KN3. The molecule has 0 heterocycles. The molecule has 0 saturated heterocycles. The van der Waals surface area contributed by atoms with E-state index in [0.29, 0.717) is 17.9 Å². The first-order chi connectivity index (χ1) is 6.18. The number of nitrogens with zero attached hydrogens (tertiary/aromatic N) is 3. The van der Waals surface area contributed by atoms with Crippen LogP contribution in [0.5, 0.6) is 0 Å². The van der Waals surface area contributed by atoms with E-state index in [1.807, 2.05) is 0 Å². The van der Waals surface area contributed by atoms with Crippen molar-refractivity contribution in [1.82, 2.24) is 0 Å². The van der Waals surface area contributed by atoms with Gasteiger partial charge >= 0.3 is 63.7 Å². The number of rotatable bonds is 1. The van der Waals surface area contributed by atoms with Gasteiger partial charge < -0.3 is 0 Å². The van der Waals surface area contributed by atoms with Crippen molar-refractivity contribution < 1.29 is 73.3 Å². The second kappa shape index (κ2) is 5.24. The van der Waals surface area contributed by atoms with E-state index in [2.05, 4.69) is 0 Å². The van der Waals surface area contributed by atoms with Crippen LogP contribution in [0, 0.1) is 33.7 Å². The van der Waals surface area contributed by atoms with Gasteiger partial charge in [0.15, 0.2) is 0 Å². The van der Waals surface area contributed by atoms with Crippen molar-refractivity contribution in [1.29, 1.82) is 15.8 Å². The first-order valence-electron chi connectivity index (χ1n) is 3.02. The first kappa shape index (κ1) is 17.2. The molecule has 74 valence electrons. The van der Waals surface area contributed by atoms with Crippen molar-refractivity contribution in [3.63, 3.8) is 0 Å². The second-order valence-electron chi connectivity index (χ2n) is 2.37. The Morgan fingerprint density at radius 1 is 0.800 bits per heavy atom. The van der Waals surface area contributed by atoms with Crippen LogP contribution >= 0.6 is 0 Å². The molecule has 0 aliphatic rings. The van der Waals surface area contributed by atoms with Crippen LogP contribution in [-0.4, -0.2) is 18.1 Å². The molecule has 0 radical (unpaired) electrons. The van der Waals surface area contributed by atoms with Crippen molar-refractivity contribution in [2.75, 3.05) is 0 Å². The van der Waals surface area contributed by atoms with Crippen LogP contribution in [0.15, 0.2) is 0 Å². The van der Waals surface area contributed by atoms with Crippen LogP contribution in [0.4, 0.5) is 22.0 Å². The third kappa shape index (κ3) is 2.68. The molecule has 0 amide bonds. The average molecular weight is 247 g/mol. The zero-order valence-electron chi connectivity index (χ0n) is 7.31. The van der Waals surface area contributed by atoms with Crippen molar-refractivity contribution in [3.05, 3.63) is 0 Å². The number of alkyl halides is 5. The van der Waals surface area contributed by atoms with Crippen molar-refractivity contribution in [3.8, 4) is 17.9 Å². The Bertz CT molecular complexity index is 323. The van der Waals surface area contributed by atoms with Crippen molar-refractivity contribution in [2.45, 2.75) is 12.0 Å². The summed E-state index contributed by atoms with van der Waals surface area (Å²) in [4.78, 5) is 0. The maximum atomic E-state index is 12.5. The van der Waals surface area contributed by atoms with E-state index in [1.165, 1.54) is 0 Å². The SMILES string of the molecule is N#C[B-](C#N)(C#N)C(F)(F)C(F)(F)F.[K+]. The molecular weight excluding hydrogens is 247 g/mol. The zero-order valence-corrected chi connectivity index (χ0v) is 10.4. The second-order valence-corrected chi connectivity index (χ2v) is 2.37. The smallest absolute Gasteiger partial charge is 0.247 e. The summed E-state index contributed by atoms with van der Waals surface area (Å²) in [5.41, 5.74) is 0. The van der Waals surface area contributed by atoms with Gasteiger partial charge in [-0.1, -0.05) is 0 Å². The fourth-order valence-corrected chi connectivity index (χ4v) is 0.575. The molecule has 0 N–H and O–H groups in total. The molecule has 0 fully saturated rings. The Morgan fingerprint density at radius 3 is 1.13 bits per heavy atom. The Balaban J connectivity index is 0. The molecule has 0 aromatic carbocycles. The van der Waals surface area contributed by atoms with Crippen molar-refractivity contribution >= 4 is 6.15 Å². The molecule has 0 aromatic heterocycles. The molecule has 10 heteroatoms. The summed E-state index contributed by atoms with van der Waals surface area (Å²) in [5.74, 6) is -4.32. The van der Waals surface area contributed by atoms with Gasteiger partial charge in [0.05, 0.1) is 0 Å². The molecule has 0 saturated carbocycles. The summed E-state index contributed by atoms with van der Waals surface area (Å²) in [7, 11) is 0. The summed E-state index contributed by atoms with van der Waals surface area (Å²) in [6.45, 7) is 0. The normalized spacial score (nSPS) is 11.6. The van der Waals surface area contributed by atoms with Crippen LogP contribution in [0.3, 0.4) is 0 Å². The Morgan fingerprint density at radius 2 is 1.07 bits per heavy atom. The molecule has 0 spiro atoms. The van der Waals surface area contributed by atoms with E-state index in [9.17, 15) is 22.0 Å². The topological polar surface area (TPSA) is 71.4 Å². The summed E-state index contributed by atoms with van der Waals surface area (Å²) in [6, 6.07) is 0. The molecule has 0 bridgehead atoms. The number of halogens is 5. The Labute approximate surface area is 124 Å².